The topological polar surface area (TPSA) is 102 Å². The smallest absolute Gasteiger partial charge is 0.409 e. The Labute approximate surface area is 209 Å². The van der Waals surface area contributed by atoms with Crippen LogP contribution in [-0.2, 0) is 35.1 Å². The molecule has 8 nitrogen and oxygen atoms in total. The summed E-state index contributed by atoms with van der Waals surface area (Å²) in [5.74, 6) is -2.89. The van der Waals surface area contributed by atoms with Crippen LogP contribution in [0.5, 0.6) is 0 Å². The third kappa shape index (κ3) is 6.68. The number of rotatable bonds is 7. The number of allylic oxidation sites excluding steroid dienone is 2. The molecule has 1 aromatic rings. The van der Waals surface area contributed by atoms with Gasteiger partial charge in [-0.1, -0.05) is 36.4 Å². The molecule has 2 amide bonds. The normalized spacial score (nSPS) is 20.1. The van der Waals surface area contributed by atoms with Gasteiger partial charge in [0.05, 0.1) is 11.8 Å². The maximum atomic E-state index is 12.9. The number of esters is 2. The average molecular weight is 527 g/mol. The zero-order valence-corrected chi connectivity index (χ0v) is 20.6. The summed E-state index contributed by atoms with van der Waals surface area (Å²) < 4.78 is 48.2. The number of alkyl halides is 3. The Hall–Kier alpha value is -3.28. The molecule has 36 heavy (non-hydrogen) atoms. The average Bonchev–Trinajstić information content (AvgIpc) is 2.79. The third-order valence-corrected chi connectivity index (χ3v) is 6.48. The van der Waals surface area contributed by atoms with Crippen LogP contribution >= 0.6 is 11.8 Å². The van der Waals surface area contributed by atoms with Gasteiger partial charge in [0.25, 0.3) is 5.91 Å². The molecule has 194 valence electrons. The Kier molecular flexibility index (Phi) is 8.17. The van der Waals surface area contributed by atoms with E-state index in [0.717, 1.165) is 22.2 Å². The minimum atomic E-state index is -4.64. The molecule has 1 fully saturated rings. The maximum Gasteiger partial charge on any atom is 0.409 e. The monoisotopic (exact) mass is 526 g/mol. The van der Waals surface area contributed by atoms with Crippen LogP contribution < -0.4 is 5.32 Å². The largest absolute Gasteiger partial charge is 0.427 e. The lowest BCUT2D eigenvalue weighted by molar-refractivity contribution is -0.173. The molecule has 0 aliphatic carbocycles. The quantitative estimate of drug-likeness (QED) is 0.331. The number of thioether (sulfide) groups is 1. The Morgan fingerprint density at radius 3 is 2.42 bits per heavy atom. The summed E-state index contributed by atoms with van der Waals surface area (Å²) in [5.41, 5.74) is -0.589. The molecule has 2 aliphatic rings. The second kappa shape index (κ2) is 10.8. The maximum absolute atomic E-state index is 12.9. The molecular formula is C24H25F3N2O6S. The van der Waals surface area contributed by atoms with Crippen molar-refractivity contribution in [3.05, 3.63) is 59.3 Å². The first-order valence-electron chi connectivity index (χ1n) is 10.9. The molecule has 3 rings (SSSR count). The number of nitrogens with zero attached hydrogens (tertiary/aromatic N) is 1. The molecule has 1 aromatic carbocycles. The fraction of sp³-hybridized carbons (Fsp3) is 0.417. The second-order valence-corrected chi connectivity index (χ2v) is 10.2. The van der Waals surface area contributed by atoms with Gasteiger partial charge in [-0.05, 0) is 31.9 Å². The number of hydrogen-bond donors (Lipinski definition) is 1. The number of ether oxygens (including phenoxy) is 2. The molecule has 1 saturated heterocycles. The van der Waals surface area contributed by atoms with Crippen LogP contribution in [0.2, 0.25) is 0 Å². The molecule has 2 heterocycles. The lowest BCUT2D eigenvalue weighted by atomic mass is 9.98. The zero-order chi connectivity index (χ0) is 26.7. The van der Waals surface area contributed by atoms with E-state index in [4.69, 9.17) is 9.47 Å². The standard InChI is InChI=1S/C24H25F3N2O6S/c1-23(2,3)22(33)35-13-34-21(32)18-15(9-10-24(25,26)27)12-36-20-17(19(31)29(18)20)28-16(30)11-14-7-5-4-6-8-14/h4-10,17,20H,11-13H2,1-3H3,(H,28,30)/b10-9+/t17?,20-/m1/s1. The van der Waals surface area contributed by atoms with Crippen molar-refractivity contribution in [3.8, 4) is 0 Å². The van der Waals surface area contributed by atoms with Crippen molar-refractivity contribution in [1.82, 2.24) is 10.2 Å². The Bertz CT molecular complexity index is 1100. The highest BCUT2D eigenvalue weighted by molar-refractivity contribution is 8.00. The van der Waals surface area contributed by atoms with Crippen LogP contribution in [0, 0.1) is 5.41 Å². The predicted molar refractivity (Wildman–Crippen MR) is 124 cm³/mol. The lowest BCUT2D eigenvalue weighted by Gasteiger charge is -2.49. The minimum Gasteiger partial charge on any atom is -0.427 e. The number of halogens is 3. The van der Waals surface area contributed by atoms with Gasteiger partial charge in [-0.3, -0.25) is 19.3 Å². The van der Waals surface area contributed by atoms with E-state index in [1.54, 1.807) is 51.1 Å². The van der Waals surface area contributed by atoms with E-state index in [2.05, 4.69) is 5.32 Å². The van der Waals surface area contributed by atoms with E-state index in [-0.39, 0.29) is 29.5 Å². The molecule has 0 radical (unpaired) electrons. The first-order valence-corrected chi connectivity index (χ1v) is 11.9. The van der Waals surface area contributed by atoms with E-state index in [0.29, 0.717) is 6.08 Å². The van der Waals surface area contributed by atoms with Crippen molar-refractivity contribution in [2.75, 3.05) is 12.5 Å². The van der Waals surface area contributed by atoms with Gasteiger partial charge >= 0.3 is 18.1 Å². The lowest BCUT2D eigenvalue weighted by Crippen LogP contribution is -2.70. The molecule has 2 aliphatic heterocycles. The van der Waals surface area contributed by atoms with E-state index in [1.807, 2.05) is 0 Å². The van der Waals surface area contributed by atoms with Crippen molar-refractivity contribution < 1.29 is 41.8 Å². The predicted octanol–water partition coefficient (Wildman–Crippen LogP) is 3.09. The van der Waals surface area contributed by atoms with E-state index >= 15 is 0 Å². The highest BCUT2D eigenvalue weighted by atomic mass is 32.2. The van der Waals surface area contributed by atoms with Crippen LogP contribution in [0.15, 0.2) is 53.8 Å². The van der Waals surface area contributed by atoms with E-state index in [9.17, 15) is 32.3 Å². The minimum absolute atomic E-state index is 0.0332. The van der Waals surface area contributed by atoms with Crippen molar-refractivity contribution in [2.24, 2.45) is 5.41 Å². The molecule has 0 spiro atoms. The summed E-state index contributed by atoms with van der Waals surface area (Å²) >= 11 is 1.11. The summed E-state index contributed by atoms with van der Waals surface area (Å²) in [6.45, 7) is 4.00. The Morgan fingerprint density at radius 2 is 1.81 bits per heavy atom. The van der Waals surface area contributed by atoms with Gasteiger partial charge in [0.15, 0.2) is 0 Å². The third-order valence-electron chi connectivity index (χ3n) is 5.18. The highest BCUT2D eigenvalue weighted by Gasteiger charge is 2.54. The summed E-state index contributed by atoms with van der Waals surface area (Å²) in [5, 5.41) is 1.92. The van der Waals surface area contributed by atoms with Crippen molar-refractivity contribution in [1.29, 1.82) is 0 Å². The Morgan fingerprint density at radius 1 is 1.14 bits per heavy atom. The fourth-order valence-electron chi connectivity index (χ4n) is 3.38. The molecule has 1 unspecified atom stereocenters. The highest BCUT2D eigenvalue weighted by Crippen LogP contribution is 2.41. The number of amides is 2. The van der Waals surface area contributed by atoms with Crippen LogP contribution in [0.3, 0.4) is 0 Å². The van der Waals surface area contributed by atoms with Gasteiger partial charge in [-0.25, -0.2) is 4.79 Å². The molecule has 0 bridgehead atoms. The number of benzene rings is 1. The summed E-state index contributed by atoms with van der Waals surface area (Å²) in [6, 6.07) is 7.90. The first kappa shape index (κ1) is 27.3. The molecule has 0 saturated carbocycles. The van der Waals surface area contributed by atoms with E-state index in [1.165, 1.54) is 0 Å². The van der Waals surface area contributed by atoms with Crippen molar-refractivity contribution in [3.63, 3.8) is 0 Å². The van der Waals surface area contributed by atoms with Crippen LogP contribution in [0.4, 0.5) is 13.2 Å². The van der Waals surface area contributed by atoms with Crippen LogP contribution in [0.1, 0.15) is 26.3 Å². The molecule has 2 atom stereocenters. The van der Waals surface area contributed by atoms with Gasteiger partial charge in [0.2, 0.25) is 12.7 Å². The number of nitrogens with one attached hydrogen (secondary N) is 1. The molecular weight excluding hydrogens is 501 g/mol. The van der Waals surface area contributed by atoms with Gasteiger partial charge in [0, 0.05) is 11.8 Å². The molecule has 0 aromatic heterocycles. The first-order chi connectivity index (χ1) is 16.8. The van der Waals surface area contributed by atoms with Crippen LogP contribution in [-0.4, -0.2) is 58.8 Å². The number of fused-ring (bicyclic) bond motifs is 1. The van der Waals surface area contributed by atoms with Gasteiger partial charge < -0.3 is 14.8 Å². The number of β-lactam (4-membered cyclic amide) rings is 1. The van der Waals surface area contributed by atoms with Crippen LogP contribution in [0.25, 0.3) is 0 Å². The second-order valence-electron chi connectivity index (χ2n) is 9.10. The summed E-state index contributed by atoms with van der Waals surface area (Å²) in [4.78, 5) is 51.0. The van der Waals surface area contributed by atoms with Gasteiger partial charge in [-0.15, -0.1) is 11.8 Å². The van der Waals surface area contributed by atoms with Gasteiger partial charge in [0.1, 0.15) is 17.1 Å². The van der Waals surface area contributed by atoms with Crippen molar-refractivity contribution in [2.45, 2.75) is 44.8 Å². The molecule has 1 N–H and O–H groups in total. The SMILES string of the molecule is CC(C)(C)C(=O)OCOC(=O)C1=C(/C=C/C(F)(F)F)CS[C@@H]2C(NC(=O)Cc3ccccc3)C(=O)N12. The van der Waals surface area contributed by atoms with Crippen molar-refractivity contribution >= 4 is 35.5 Å². The van der Waals surface area contributed by atoms with E-state index < -0.39 is 53.6 Å². The summed E-state index contributed by atoms with van der Waals surface area (Å²) in [6.07, 6.45) is -3.95. The Balaban J connectivity index is 1.75. The number of carbonyl (C=O) groups is 4. The number of hydrogen-bond acceptors (Lipinski definition) is 7. The number of carbonyl (C=O) groups excluding carboxylic acids is 4. The van der Waals surface area contributed by atoms with Gasteiger partial charge in [-0.2, -0.15) is 13.2 Å². The fourth-order valence-corrected chi connectivity index (χ4v) is 4.70. The molecule has 12 heteroatoms. The zero-order valence-electron chi connectivity index (χ0n) is 19.8. The summed E-state index contributed by atoms with van der Waals surface area (Å²) in [7, 11) is 0.